The first kappa shape index (κ1) is 10.6. The van der Waals surface area contributed by atoms with E-state index < -0.39 is 4.92 Å². The average molecular weight is 211 g/mol. The van der Waals surface area contributed by atoms with Crippen molar-refractivity contribution >= 4 is 28.2 Å². The third-order valence-corrected chi connectivity index (χ3v) is 2.62. The van der Waals surface area contributed by atoms with Crippen LogP contribution in [-0.2, 0) is 4.79 Å². The zero-order valence-electron chi connectivity index (χ0n) is 7.81. The molecule has 0 aliphatic rings. The molecule has 0 aliphatic heterocycles. The fraction of sp³-hybridized carbons (Fsp3) is 0.222. The third kappa shape index (κ3) is 2.50. The van der Waals surface area contributed by atoms with E-state index in [1.165, 1.54) is 13.0 Å². The molecule has 74 valence electrons. The number of thiophene rings is 1. The Morgan fingerprint density at radius 2 is 2.21 bits per heavy atom. The molecule has 1 aromatic rings. The van der Waals surface area contributed by atoms with Crippen LogP contribution in [-0.4, -0.2) is 10.7 Å². The summed E-state index contributed by atoms with van der Waals surface area (Å²) in [4.78, 5) is 20.8. The van der Waals surface area contributed by atoms with Crippen molar-refractivity contribution in [2.45, 2.75) is 13.8 Å². The fourth-order valence-electron chi connectivity index (χ4n) is 0.862. The van der Waals surface area contributed by atoms with Crippen molar-refractivity contribution in [1.82, 2.24) is 0 Å². The molecule has 0 amide bonds. The van der Waals surface area contributed by atoms with Gasteiger partial charge in [-0.25, -0.2) is 0 Å². The molecular weight excluding hydrogens is 202 g/mol. The van der Waals surface area contributed by atoms with E-state index >= 15 is 0 Å². The van der Waals surface area contributed by atoms with E-state index in [-0.39, 0.29) is 10.8 Å². The SMILES string of the molecule is CC(=O)C(C)=Cc1csc([N+](=O)[O-])c1. The van der Waals surface area contributed by atoms with Crippen molar-refractivity contribution in [3.63, 3.8) is 0 Å². The molecule has 0 N–H and O–H groups in total. The number of ketones is 1. The normalized spacial score (nSPS) is 11.4. The first-order valence-corrected chi connectivity index (χ1v) is 4.81. The predicted octanol–water partition coefficient (Wildman–Crippen LogP) is 2.65. The van der Waals surface area contributed by atoms with Gasteiger partial charge >= 0.3 is 5.00 Å². The number of allylic oxidation sites excluding steroid dienone is 1. The lowest BCUT2D eigenvalue weighted by Crippen LogP contribution is -1.89. The minimum Gasteiger partial charge on any atom is -0.295 e. The van der Waals surface area contributed by atoms with Gasteiger partial charge in [-0.1, -0.05) is 11.3 Å². The van der Waals surface area contributed by atoms with Gasteiger partial charge in [0.2, 0.25) is 0 Å². The van der Waals surface area contributed by atoms with Gasteiger partial charge in [-0.3, -0.25) is 14.9 Å². The van der Waals surface area contributed by atoms with Gasteiger partial charge in [-0.15, -0.1) is 0 Å². The molecule has 1 heterocycles. The molecular formula is C9H9NO3S. The molecule has 0 aliphatic carbocycles. The quantitative estimate of drug-likeness (QED) is 0.438. The second-order valence-corrected chi connectivity index (χ2v) is 3.75. The summed E-state index contributed by atoms with van der Waals surface area (Å²) in [6.45, 7) is 3.15. The lowest BCUT2D eigenvalue weighted by Gasteiger charge is -1.90. The molecule has 14 heavy (non-hydrogen) atoms. The standard InChI is InChI=1S/C9H9NO3S/c1-6(7(2)11)3-8-4-9(10(12)13)14-5-8/h3-5H,1-2H3. The van der Waals surface area contributed by atoms with Gasteiger partial charge in [0.25, 0.3) is 0 Å². The van der Waals surface area contributed by atoms with E-state index in [1.807, 2.05) is 0 Å². The fourth-order valence-corrected chi connectivity index (χ4v) is 1.55. The summed E-state index contributed by atoms with van der Waals surface area (Å²) in [6, 6.07) is 1.46. The highest BCUT2D eigenvalue weighted by atomic mass is 32.1. The summed E-state index contributed by atoms with van der Waals surface area (Å²) in [6.07, 6.45) is 1.64. The smallest absolute Gasteiger partial charge is 0.295 e. The summed E-state index contributed by atoms with van der Waals surface area (Å²) in [7, 11) is 0. The van der Waals surface area contributed by atoms with Gasteiger partial charge in [0.05, 0.1) is 4.92 Å². The Bertz CT molecular complexity index is 406. The number of hydrogen-bond acceptors (Lipinski definition) is 4. The van der Waals surface area contributed by atoms with Gasteiger partial charge in [0.1, 0.15) is 0 Å². The zero-order valence-corrected chi connectivity index (χ0v) is 8.63. The van der Waals surface area contributed by atoms with Crippen LogP contribution in [0.25, 0.3) is 6.08 Å². The van der Waals surface area contributed by atoms with E-state index in [0.717, 1.165) is 11.3 Å². The van der Waals surface area contributed by atoms with Gasteiger partial charge in [0.15, 0.2) is 5.78 Å². The van der Waals surface area contributed by atoms with Crippen molar-refractivity contribution < 1.29 is 9.72 Å². The van der Waals surface area contributed by atoms with Gasteiger partial charge in [-0.05, 0) is 31.1 Å². The maximum Gasteiger partial charge on any atom is 0.324 e. The summed E-state index contributed by atoms with van der Waals surface area (Å²) < 4.78 is 0. The summed E-state index contributed by atoms with van der Waals surface area (Å²) >= 11 is 1.06. The summed E-state index contributed by atoms with van der Waals surface area (Å²) in [5.41, 5.74) is 1.30. The van der Waals surface area contributed by atoms with E-state index in [2.05, 4.69) is 0 Å². The van der Waals surface area contributed by atoms with Crippen molar-refractivity contribution in [2.24, 2.45) is 0 Å². The van der Waals surface area contributed by atoms with Crippen LogP contribution in [0.2, 0.25) is 0 Å². The minimum atomic E-state index is -0.439. The lowest BCUT2D eigenvalue weighted by molar-refractivity contribution is -0.380. The number of hydrogen-bond donors (Lipinski definition) is 0. The molecule has 0 fully saturated rings. The Morgan fingerprint density at radius 1 is 1.57 bits per heavy atom. The monoisotopic (exact) mass is 211 g/mol. The maximum atomic E-state index is 10.9. The molecule has 0 aromatic carbocycles. The second kappa shape index (κ2) is 4.15. The van der Waals surface area contributed by atoms with Gasteiger partial charge < -0.3 is 0 Å². The van der Waals surface area contributed by atoms with Crippen LogP contribution in [0.1, 0.15) is 19.4 Å². The Balaban J connectivity index is 2.93. The van der Waals surface area contributed by atoms with Crippen molar-refractivity contribution in [3.8, 4) is 0 Å². The molecule has 0 saturated carbocycles. The second-order valence-electron chi connectivity index (χ2n) is 2.86. The number of rotatable bonds is 3. The first-order valence-electron chi connectivity index (χ1n) is 3.93. The summed E-state index contributed by atoms with van der Waals surface area (Å²) in [5, 5.41) is 12.1. The highest BCUT2D eigenvalue weighted by molar-refractivity contribution is 7.13. The molecule has 5 heteroatoms. The molecule has 0 bridgehead atoms. The molecule has 1 aromatic heterocycles. The van der Waals surface area contributed by atoms with E-state index in [1.54, 1.807) is 18.4 Å². The number of nitrogens with zero attached hydrogens (tertiary/aromatic N) is 1. The van der Waals surface area contributed by atoms with Crippen LogP contribution in [0.3, 0.4) is 0 Å². The molecule has 0 atom stereocenters. The van der Waals surface area contributed by atoms with Crippen LogP contribution in [0.5, 0.6) is 0 Å². The Hall–Kier alpha value is -1.49. The van der Waals surface area contributed by atoms with Crippen molar-refractivity contribution in [1.29, 1.82) is 0 Å². The Labute approximate surface area is 85.0 Å². The van der Waals surface area contributed by atoms with Crippen molar-refractivity contribution in [3.05, 3.63) is 32.7 Å². The van der Waals surface area contributed by atoms with Crippen LogP contribution >= 0.6 is 11.3 Å². The molecule has 0 saturated heterocycles. The lowest BCUT2D eigenvalue weighted by atomic mass is 10.1. The number of nitro groups is 1. The number of carbonyl (C=O) groups is 1. The van der Waals surface area contributed by atoms with Crippen LogP contribution in [0.15, 0.2) is 17.0 Å². The van der Waals surface area contributed by atoms with E-state index in [9.17, 15) is 14.9 Å². The van der Waals surface area contributed by atoms with E-state index in [0.29, 0.717) is 11.1 Å². The highest BCUT2D eigenvalue weighted by Gasteiger charge is 2.08. The van der Waals surface area contributed by atoms with E-state index in [4.69, 9.17) is 0 Å². The average Bonchev–Trinajstić information content (AvgIpc) is 2.52. The largest absolute Gasteiger partial charge is 0.324 e. The molecule has 0 unspecified atom stereocenters. The molecule has 0 radical (unpaired) electrons. The maximum absolute atomic E-state index is 10.9. The number of carbonyl (C=O) groups excluding carboxylic acids is 1. The topological polar surface area (TPSA) is 60.2 Å². The zero-order chi connectivity index (χ0) is 10.7. The van der Waals surface area contributed by atoms with Gasteiger partial charge in [0, 0.05) is 11.4 Å². The molecule has 4 nitrogen and oxygen atoms in total. The predicted molar refractivity (Wildman–Crippen MR) is 55.3 cm³/mol. The molecule has 1 rings (SSSR count). The van der Waals surface area contributed by atoms with Crippen LogP contribution < -0.4 is 0 Å². The highest BCUT2D eigenvalue weighted by Crippen LogP contribution is 2.24. The Kier molecular flexibility index (Phi) is 3.14. The summed E-state index contributed by atoms with van der Waals surface area (Å²) in [5.74, 6) is -0.0288. The first-order chi connectivity index (χ1) is 6.50. The van der Waals surface area contributed by atoms with Gasteiger partial charge in [-0.2, -0.15) is 0 Å². The van der Waals surface area contributed by atoms with Crippen LogP contribution in [0, 0.1) is 10.1 Å². The third-order valence-electron chi connectivity index (χ3n) is 1.72. The van der Waals surface area contributed by atoms with Crippen LogP contribution in [0.4, 0.5) is 5.00 Å². The van der Waals surface area contributed by atoms with Crippen molar-refractivity contribution in [2.75, 3.05) is 0 Å². The minimum absolute atomic E-state index is 0.0288. The Morgan fingerprint density at radius 3 is 2.64 bits per heavy atom. The molecule has 0 spiro atoms. The number of Topliss-reactive ketones (excluding diaryl/α,β-unsaturated/α-hetero) is 1.